The Hall–Kier alpha value is -1.89. The molecule has 1 aromatic carbocycles. The van der Waals surface area contributed by atoms with Crippen molar-refractivity contribution in [2.75, 3.05) is 0 Å². The Bertz CT molecular complexity index is 530. The van der Waals surface area contributed by atoms with E-state index >= 15 is 0 Å². The molecule has 0 bridgehead atoms. The maximum atomic E-state index is 11.5. The van der Waals surface area contributed by atoms with Gasteiger partial charge in [-0.3, -0.25) is 14.9 Å². The van der Waals surface area contributed by atoms with E-state index < -0.39 is 18.0 Å². The Balaban J connectivity index is 2.90. The van der Waals surface area contributed by atoms with Gasteiger partial charge in [0.1, 0.15) is 5.75 Å². The number of amides is 3. The number of hydrogen-bond donors (Lipinski definition) is 2. The molecular formula is C12H13BrN2O4. The third-order valence-electron chi connectivity index (χ3n) is 2.24. The molecule has 3 N–H and O–H groups in total. The van der Waals surface area contributed by atoms with Gasteiger partial charge >= 0.3 is 6.03 Å². The first-order valence-corrected chi connectivity index (χ1v) is 6.18. The van der Waals surface area contributed by atoms with Crippen molar-refractivity contribution < 1.29 is 19.1 Å². The molecule has 1 unspecified atom stereocenters. The van der Waals surface area contributed by atoms with Crippen LogP contribution in [0.15, 0.2) is 22.7 Å². The van der Waals surface area contributed by atoms with Gasteiger partial charge in [-0.1, -0.05) is 15.9 Å². The van der Waals surface area contributed by atoms with Gasteiger partial charge in [-0.05, 0) is 32.0 Å². The normalized spacial score (nSPS) is 11.5. The van der Waals surface area contributed by atoms with Gasteiger partial charge in [-0.25, -0.2) is 4.79 Å². The number of hydrogen-bond acceptors (Lipinski definition) is 4. The molecule has 0 saturated carbocycles. The standard InChI is InChI=1S/C12H13BrN2O4/c1-6(16)9-5-8(13)3-4-10(9)19-7(2)11(17)15-12(14)18/h3-5,7H,1-2H3,(H3,14,15,17,18). The number of rotatable bonds is 4. The van der Waals surface area contributed by atoms with Crippen LogP contribution in [0.5, 0.6) is 5.75 Å². The first-order valence-electron chi connectivity index (χ1n) is 5.38. The molecule has 0 aliphatic carbocycles. The van der Waals surface area contributed by atoms with E-state index in [9.17, 15) is 14.4 Å². The van der Waals surface area contributed by atoms with Crippen LogP contribution in [0.2, 0.25) is 0 Å². The van der Waals surface area contributed by atoms with Crippen LogP contribution in [-0.2, 0) is 4.79 Å². The number of carbonyl (C=O) groups is 3. The van der Waals surface area contributed by atoms with Crippen LogP contribution in [0.1, 0.15) is 24.2 Å². The highest BCUT2D eigenvalue weighted by Crippen LogP contribution is 2.24. The number of carbonyl (C=O) groups excluding carboxylic acids is 3. The number of urea groups is 1. The zero-order valence-electron chi connectivity index (χ0n) is 10.4. The van der Waals surface area contributed by atoms with E-state index in [1.165, 1.54) is 13.8 Å². The largest absolute Gasteiger partial charge is 0.480 e. The predicted molar refractivity (Wildman–Crippen MR) is 72.0 cm³/mol. The number of Topliss-reactive ketones (excluding diaryl/α,β-unsaturated/α-hetero) is 1. The third-order valence-corrected chi connectivity index (χ3v) is 2.73. The van der Waals surface area contributed by atoms with Gasteiger partial charge in [0.05, 0.1) is 5.56 Å². The van der Waals surface area contributed by atoms with Crippen molar-refractivity contribution in [3.05, 3.63) is 28.2 Å². The minimum atomic E-state index is -0.956. The summed E-state index contributed by atoms with van der Waals surface area (Å²) >= 11 is 3.24. The fraction of sp³-hybridized carbons (Fsp3) is 0.250. The van der Waals surface area contributed by atoms with Crippen LogP contribution in [-0.4, -0.2) is 23.8 Å². The molecule has 6 nitrogen and oxygen atoms in total. The number of primary amides is 1. The molecule has 0 aliphatic heterocycles. The number of nitrogens with one attached hydrogen (secondary N) is 1. The summed E-state index contributed by atoms with van der Waals surface area (Å²) in [6, 6.07) is 3.88. The summed E-state index contributed by atoms with van der Waals surface area (Å²) in [6.07, 6.45) is -0.952. The Kier molecular flexibility index (Phi) is 5.05. The lowest BCUT2D eigenvalue weighted by Crippen LogP contribution is -2.42. The van der Waals surface area contributed by atoms with Crippen molar-refractivity contribution in [3.63, 3.8) is 0 Å². The van der Waals surface area contributed by atoms with Gasteiger partial charge in [0, 0.05) is 4.47 Å². The van der Waals surface area contributed by atoms with E-state index in [1.54, 1.807) is 18.2 Å². The Morgan fingerprint density at radius 2 is 2.00 bits per heavy atom. The van der Waals surface area contributed by atoms with Crippen LogP contribution >= 0.6 is 15.9 Å². The molecular weight excluding hydrogens is 316 g/mol. The lowest BCUT2D eigenvalue weighted by Gasteiger charge is -2.15. The van der Waals surface area contributed by atoms with Gasteiger partial charge in [-0.15, -0.1) is 0 Å². The quantitative estimate of drug-likeness (QED) is 0.820. The van der Waals surface area contributed by atoms with Gasteiger partial charge in [0.15, 0.2) is 11.9 Å². The fourth-order valence-corrected chi connectivity index (χ4v) is 1.71. The molecule has 102 valence electrons. The summed E-state index contributed by atoms with van der Waals surface area (Å²) in [7, 11) is 0. The summed E-state index contributed by atoms with van der Waals surface area (Å²) < 4.78 is 6.08. The van der Waals surface area contributed by atoms with Crippen molar-refractivity contribution in [1.29, 1.82) is 0 Å². The number of imide groups is 1. The topological polar surface area (TPSA) is 98.5 Å². The second kappa shape index (κ2) is 6.33. The van der Waals surface area contributed by atoms with E-state index in [-0.39, 0.29) is 11.5 Å². The molecule has 3 amide bonds. The first-order chi connectivity index (χ1) is 8.81. The molecule has 0 saturated heterocycles. The molecule has 0 spiro atoms. The van der Waals surface area contributed by atoms with Crippen molar-refractivity contribution in [1.82, 2.24) is 5.32 Å². The van der Waals surface area contributed by atoms with Gasteiger partial charge in [0.25, 0.3) is 5.91 Å². The van der Waals surface area contributed by atoms with E-state index in [0.717, 1.165) is 4.47 Å². The predicted octanol–water partition coefficient (Wildman–Crippen LogP) is 1.61. The van der Waals surface area contributed by atoms with Crippen molar-refractivity contribution in [2.24, 2.45) is 5.73 Å². The van der Waals surface area contributed by atoms with Crippen molar-refractivity contribution in [2.45, 2.75) is 20.0 Å². The number of ketones is 1. The molecule has 19 heavy (non-hydrogen) atoms. The van der Waals surface area contributed by atoms with E-state index in [1.807, 2.05) is 5.32 Å². The SMILES string of the molecule is CC(=O)c1cc(Br)ccc1OC(C)C(=O)NC(N)=O. The Morgan fingerprint density at radius 1 is 1.37 bits per heavy atom. The summed E-state index contributed by atoms with van der Waals surface area (Å²) in [5.74, 6) is -0.605. The number of nitrogens with two attached hydrogens (primary N) is 1. The number of benzene rings is 1. The summed E-state index contributed by atoms with van der Waals surface area (Å²) in [6.45, 7) is 2.84. The highest BCUT2D eigenvalue weighted by atomic mass is 79.9. The van der Waals surface area contributed by atoms with Crippen LogP contribution < -0.4 is 15.8 Å². The van der Waals surface area contributed by atoms with Gasteiger partial charge < -0.3 is 10.5 Å². The second-order valence-corrected chi connectivity index (χ2v) is 4.73. The Labute approximate surface area is 118 Å². The van der Waals surface area contributed by atoms with Crippen LogP contribution in [0.3, 0.4) is 0 Å². The molecule has 0 aliphatic rings. The zero-order chi connectivity index (χ0) is 14.6. The molecule has 0 radical (unpaired) electrons. The highest BCUT2D eigenvalue weighted by molar-refractivity contribution is 9.10. The van der Waals surface area contributed by atoms with Gasteiger partial charge in [0.2, 0.25) is 0 Å². The van der Waals surface area contributed by atoms with E-state index in [4.69, 9.17) is 10.5 Å². The molecule has 0 fully saturated rings. The first kappa shape index (κ1) is 15.2. The highest BCUT2D eigenvalue weighted by Gasteiger charge is 2.18. The van der Waals surface area contributed by atoms with Crippen molar-refractivity contribution in [3.8, 4) is 5.75 Å². The minimum absolute atomic E-state index is 0.196. The fourth-order valence-electron chi connectivity index (χ4n) is 1.35. The molecule has 1 rings (SSSR count). The molecule has 1 aromatic rings. The zero-order valence-corrected chi connectivity index (χ0v) is 12.0. The third kappa shape index (κ3) is 4.36. The number of halogens is 1. The van der Waals surface area contributed by atoms with E-state index in [0.29, 0.717) is 5.56 Å². The molecule has 1 atom stereocenters. The summed E-state index contributed by atoms with van der Waals surface area (Å²) in [5.41, 5.74) is 5.18. The second-order valence-electron chi connectivity index (χ2n) is 3.81. The molecule has 7 heteroatoms. The summed E-state index contributed by atoms with van der Waals surface area (Å²) in [4.78, 5) is 33.5. The van der Waals surface area contributed by atoms with Gasteiger partial charge in [-0.2, -0.15) is 0 Å². The van der Waals surface area contributed by atoms with Crippen molar-refractivity contribution >= 4 is 33.7 Å². The van der Waals surface area contributed by atoms with Crippen LogP contribution in [0, 0.1) is 0 Å². The van der Waals surface area contributed by atoms with Crippen LogP contribution in [0.25, 0.3) is 0 Å². The van der Waals surface area contributed by atoms with E-state index in [2.05, 4.69) is 15.9 Å². The monoisotopic (exact) mass is 328 g/mol. The number of ether oxygens (including phenoxy) is 1. The maximum Gasteiger partial charge on any atom is 0.318 e. The molecule has 0 aromatic heterocycles. The van der Waals surface area contributed by atoms with Crippen LogP contribution in [0.4, 0.5) is 4.79 Å². The minimum Gasteiger partial charge on any atom is -0.480 e. The lowest BCUT2D eigenvalue weighted by atomic mass is 10.1. The average molecular weight is 329 g/mol. The Morgan fingerprint density at radius 3 is 2.53 bits per heavy atom. The average Bonchev–Trinajstić information content (AvgIpc) is 2.30. The molecule has 0 heterocycles. The maximum absolute atomic E-state index is 11.5. The smallest absolute Gasteiger partial charge is 0.318 e. The lowest BCUT2D eigenvalue weighted by molar-refractivity contribution is -0.126. The summed E-state index contributed by atoms with van der Waals surface area (Å²) in [5, 5.41) is 1.90.